The summed E-state index contributed by atoms with van der Waals surface area (Å²) < 4.78 is 4.97. The van der Waals surface area contributed by atoms with Gasteiger partial charge in [-0.05, 0) is 43.5 Å². The molecule has 0 spiro atoms. The number of rotatable bonds is 4. The Kier molecular flexibility index (Phi) is 4.88. The van der Waals surface area contributed by atoms with E-state index in [9.17, 15) is 0 Å². The van der Waals surface area contributed by atoms with Crippen LogP contribution in [0.5, 0.6) is 6.01 Å². The molecule has 1 fully saturated rings. The van der Waals surface area contributed by atoms with Crippen molar-refractivity contribution in [2.45, 2.75) is 37.0 Å². The van der Waals surface area contributed by atoms with E-state index < -0.39 is 0 Å². The van der Waals surface area contributed by atoms with Crippen molar-refractivity contribution in [2.24, 2.45) is 0 Å². The van der Waals surface area contributed by atoms with Crippen LogP contribution in [0.4, 0.5) is 5.95 Å². The number of anilines is 1. The third-order valence-corrected chi connectivity index (χ3v) is 4.42. The van der Waals surface area contributed by atoms with E-state index in [1.165, 1.54) is 20.0 Å². The molecule has 7 heteroatoms. The number of hydrogen-bond donors (Lipinski definition) is 1. The summed E-state index contributed by atoms with van der Waals surface area (Å²) in [5.41, 5.74) is 0. The summed E-state index contributed by atoms with van der Waals surface area (Å²) in [7, 11) is 1.51. The van der Waals surface area contributed by atoms with Crippen LogP contribution in [0, 0.1) is 0 Å². The van der Waals surface area contributed by atoms with Crippen molar-refractivity contribution in [2.75, 3.05) is 18.7 Å². The van der Waals surface area contributed by atoms with Crippen LogP contribution in [0.2, 0.25) is 5.28 Å². The lowest BCUT2D eigenvalue weighted by Crippen LogP contribution is -2.28. The molecule has 1 aliphatic rings. The average molecular weight is 289 g/mol. The first kappa shape index (κ1) is 13.7. The van der Waals surface area contributed by atoms with Gasteiger partial charge in [-0.15, -0.1) is 0 Å². The monoisotopic (exact) mass is 288 g/mol. The smallest absolute Gasteiger partial charge is 0.322 e. The minimum absolute atomic E-state index is 0.155. The highest BCUT2D eigenvalue weighted by atomic mass is 35.5. The number of aromatic nitrogens is 3. The molecule has 0 atom stereocenters. The first-order valence-electron chi connectivity index (χ1n) is 5.96. The minimum Gasteiger partial charge on any atom is -0.467 e. The Labute approximate surface area is 116 Å². The molecule has 100 valence electrons. The molecule has 5 nitrogen and oxygen atoms in total. The largest absolute Gasteiger partial charge is 0.467 e. The van der Waals surface area contributed by atoms with Crippen LogP contribution in [-0.2, 0) is 0 Å². The maximum absolute atomic E-state index is 5.81. The van der Waals surface area contributed by atoms with E-state index in [0.29, 0.717) is 12.0 Å². The third kappa shape index (κ3) is 3.62. The molecule has 18 heavy (non-hydrogen) atoms. The van der Waals surface area contributed by atoms with Gasteiger partial charge in [0.15, 0.2) is 0 Å². The minimum atomic E-state index is 0.155. The lowest BCUT2D eigenvalue weighted by molar-refractivity contribution is 0.378. The first-order valence-corrected chi connectivity index (χ1v) is 7.62. The van der Waals surface area contributed by atoms with E-state index in [0.717, 1.165) is 18.1 Å². The second-order valence-corrected chi connectivity index (χ2v) is 5.74. The van der Waals surface area contributed by atoms with Crippen molar-refractivity contribution in [3.63, 3.8) is 0 Å². The SMILES string of the molecule is COc1nc(Cl)nc(NC2CCC(SC)CC2)n1. The maximum atomic E-state index is 5.81. The molecule has 1 aliphatic carbocycles. The van der Waals surface area contributed by atoms with Crippen molar-refractivity contribution in [1.29, 1.82) is 0 Å². The number of thioether (sulfide) groups is 1. The Bertz CT molecular complexity index is 399. The highest BCUT2D eigenvalue weighted by Crippen LogP contribution is 2.28. The van der Waals surface area contributed by atoms with Gasteiger partial charge in [0, 0.05) is 11.3 Å². The molecular formula is C11H17ClN4OS. The quantitative estimate of drug-likeness (QED) is 0.919. The van der Waals surface area contributed by atoms with Crippen LogP contribution < -0.4 is 10.1 Å². The van der Waals surface area contributed by atoms with Gasteiger partial charge in [0.2, 0.25) is 11.2 Å². The van der Waals surface area contributed by atoms with Crippen LogP contribution in [0.25, 0.3) is 0 Å². The van der Waals surface area contributed by atoms with Gasteiger partial charge in [-0.3, -0.25) is 0 Å². The van der Waals surface area contributed by atoms with Crippen LogP contribution in [0.3, 0.4) is 0 Å². The van der Waals surface area contributed by atoms with Crippen molar-refractivity contribution >= 4 is 29.3 Å². The van der Waals surface area contributed by atoms with E-state index in [1.807, 2.05) is 11.8 Å². The summed E-state index contributed by atoms with van der Waals surface area (Å²) in [4.78, 5) is 12.1. The third-order valence-electron chi connectivity index (χ3n) is 3.11. The predicted octanol–water partition coefficient (Wildman–Crippen LogP) is 2.62. The summed E-state index contributed by atoms with van der Waals surface area (Å²) in [6.45, 7) is 0. The second-order valence-electron chi connectivity index (χ2n) is 4.27. The van der Waals surface area contributed by atoms with Crippen molar-refractivity contribution in [3.8, 4) is 6.01 Å². The molecule has 1 aromatic rings. The van der Waals surface area contributed by atoms with Crippen LogP contribution in [0.1, 0.15) is 25.7 Å². The Morgan fingerprint density at radius 1 is 1.22 bits per heavy atom. The molecule has 2 rings (SSSR count). The topological polar surface area (TPSA) is 59.9 Å². The molecule has 0 amide bonds. The zero-order valence-corrected chi connectivity index (χ0v) is 12.1. The molecule has 0 aliphatic heterocycles. The van der Waals surface area contributed by atoms with E-state index in [4.69, 9.17) is 16.3 Å². The van der Waals surface area contributed by atoms with Gasteiger partial charge in [0.1, 0.15) is 0 Å². The van der Waals surface area contributed by atoms with Gasteiger partial charge in [-0.2, -0.15) is 26.7 Å². The molecule has 1 heterocycles. The highest BCUT2D eigenvalue weighted by Gasteiger charge is 2.21. The second kappa shape index (κ2) is 6.43. The van der Waals surface area contributed by atoms with Crippen molar-refractivity contribution < 1.29 is 4.74 Å². The normalized spacial score (nSPS) is 23.7. The summed E-state index contributed by atoms with van der Waals surface area (Å²) in [6.07, 6.45) is 6.91. The number of methoxy groups -OCH3 is 1. The van der Waals surface area contributed by atoms with E-state index >= 15 is 0 Å². The van der Waals surface area contributed by atoms with Crippen LogP contribution >= 0.6 is 23.4 Å². The van der Waals surface area contributed by atoms with Gasteiger partial charge in [-0.1, -0.05) is 0 Å². The van der Waals surface area contributed by atoms with Crippen molar-refractivity contribution in [1.82, 2.24) is 15.0 Å². The van der Waals surface area contributed by atoms with Gasteiger partial charge < -0.3 is 10.1 Å². The number of nitrogens with zero attached hydrogens (tertiary/aromatic N) is 3. The van der Waals surface area contributed by atoms with Gasteiger partial charge in [-0.25, -0.2) is 0 Å². The zero-order chi connectivity index (χ0) is 13.0. The fraction of sp³-hybridized carbons (Fsp3) is 0.727. The molecule has 0 saturated heterocycles. The highest BCUT2D eigenvalue weighted by molar-refractivity contribution is 7.99. The maximum Gasteiger partial charge on any atom is 0.322 e. The van der Waals surface area contributed by atoms with E-state index in [-0.39, 0.29) is 11.3 Å². The summed E-state index contributed by atoms with van der Waals surface area (Å²) in [6, 6.07) is 0.659. The molecular weight excluding hydrogens is 272 g/mol. The number of ether oxygens (including phenoxy) is 1. The standard InChI is InChI=1S/C11H17ClN4OS/c1-17-11-15-9(12)14-10(16-11)13-7-3-5-8(18-2)6-4-7/h7-8H,3-6H2,1-2H3,(H,13,14,15,16). The molecule has 0 bridgehead atoms. The van der Waals surface area contributed by atoms with E-state index in [2.05, 4.69) is 26.5 Å². The summed E-state index contributed by atoms with van der Waals surface area (Å²) in [5.74, 6) is 0.499. The number of halogens is 1. The molecule has 1 saturated carbocycles. The lowest BCUT2D eigenvalue weighted by Gasteiger charge is -2.27. The Hall–Kier alpha value is -0.750. The van der Waals surface area contributed by atoms with Crippen LogP contribution in [-0.4, -0.2) is 39.6 Å². The van der Waals surface area contributed by atoms with Crippen LogP contribution in [0.15, 0.2) is 0 Å². The van der Waals surface area contributed by atoms with E-state index in [1.54, 1.807) is 0 Å². The van der Waals surface area contributed by atoms with Gasteiger partial charge >= 0.3 is 6.01 Å². The lowest BCUT2D eigenvalue weighted by atomic mass is 9.95. The molecule has 0 aromatic carbocycles. The Balaban J connectivity index is 1.95. The molecule has 1 aromatic heterocycles. The fourth-order valence-corrected chi connectivity index (χ4v) is 3.01. The number of nitrogens with one attached hydrogen (secondary N) is 1. The average Bonchev–Trinajstić information content (AvgIpc) is 2.39. The Morgan fingerprint density at radius 2 is 1.94 bits per heavy atom. The zero-order valence-electron chi connectivity index (χ0n) is 10.5. The molecule has 1 N–H and O–H groups in total. The summed E-state index contributed by atoms with van der Waals surface area (Å²) in [5, 5.41) is 4.25. The van der Waals surface area contributed by atoms with Gasteiger partial charge in [0.05, 0.1) is 7.11 Å². The Morgan fingerprint density at radius 3 is 2.56 bits per heavy atom. The fourth-order valence-electron chi connectivity index (χ4n) is 2.11. The summed E-state index contributed by atoms with van der Waals surface area (Å²) >= 11 is 7.76. The molecule has 0 radical (unpaired) electrons. The number of hydrogen-bond acceptors (Lipinski definition) is 6. The van der Waals surface area contributed by atoms with Gasteiger partial charge in [0.25, 0.3) is 0 Å². The predicted molar refractivity (Wildman–Crippen MR) is 74.6 cm³/mol. The first-order chi connectivity index (χ1) is 8.71. The van der Waals surface area contributed by atoms with Crippen molar-refractivity contribution in [3.05, 3.63) is 5.28 Å². The molecule has 0 unspecified atom stereocenters.